The Balaban J connectivity index is 1.89. The summed E-state index contributed by atoms with van der Waals surface area (Å²) in [5.41, 5.74) is 1.63. The second-order valence-corrected chi connectivity index (χ2v) is 6.88. The van der Waals surface area contributed by atoms with Crippen LogP contribution in [0.2, 0.25) is 0 Å². The van der Waals surface area contributed by atoms with Crippen molar-refractivity contribution in [3.05, 3.63) is 35.4 Å². The fraction of sp³-hybridized carbons (Fsp3) is 0.600. The molecule has 0 aromatic heterocycles. The molecule has 9 heteroatoms. The van der Waals surface area contributed by atoms with Crippen LogP contribution in [0.25, 0.3) is 0 Å². The third kappa shape index (κ3) is 7.92. The molecular weight excluding hydrogens is 387 g/mol. The van der Waals surface area contributed by atoms with Crippen molar-refractivity contribution in [2.75, 3.05) is 33.4 Å². The van der Waals surface area contributed by atoms with Gasteiger partial charge in [-0.2, -0.15) is 13.2 Å². The Bertz CT molecular complexity index is 670. The highest BCUT2D eigenvalue weighted by Gasteiger charge is 2.28. The predicted molar refractivity (Wildman–Crippen MR) is 103 cm³/mol. The molecule has 0 amide bonds. The van der Waals surface area contributed by atoms with E-state index in [1.165, 1.54) is 7.11 Å². The first-order valence-electron chi connectivity index (χ1n) is 9.65. The Morgan fingerprint density at radius 3 is 2.38 bits per heavy atom. The maximum absolute atomic E-state index is 12.1. The number of nitrogens with one attached hydrogen (secondary N) is 1. The number of carbonyl (C=O) groups excluding carboxylic acids is 1. The van der Waals surface area contributed by atoms with Crippen LogP contribution in [0.4, 0.5) is 13.2 Å². The first-order chi connectivity index (χ1) is 13.8. The molecule has 0 spiro atoms. The van der Waals surface area contributed by atoms with Gasteiger partial charge in [-0.15, -0.1) is 0 Å². The predicted octanol–water partition coefficient (Wildman–Crippen LogP) is 3.12. The Morgan fingerprint density at radius 1 is 1.21 bits per heavy atom. The van der Waals surface area contributed by atoms with Gasteiger partial charge < -0.3 is 19.7 Å². The smallest absolute Gasteiger partial charge is 0.411 e. The standard InChI is InChI=1S/C20H28F3N3O3/c1-3-24-19(26-10-8-17(9-11-26)18(27)28-2)25-12-15-4-6-16(7-5-15)13-29-14-20(21,22)23/h4-7,17H,3,8-14H2,1-2H3,(H,24,25). The quantitative estimate of drug-likeness (QED) is 0.421. The molecule has 6 nitrogen and oxygen atoms in total. The van der Waals surface area contributed by atoms with Gasteiger partial charge in [0.05, 0.1) is 26.2 Å². The molecule has 162 valence electrons. The van der Waals surface area contributed by atoms with Crippen molar-refractivity contribution in [2.45, 2.75) is 39.1 Å². The number of aliphatic imine (C=N–C) groups is 1. The molecule has 0 unspecified atom stereocenters. The minimum absolute atomic E-state index is 0.0637. The van der Waals surface area contributed by atoms with Crippen molar-refractivity contribution >= 4 is 11.9 Å². The molecule has 29 heavy (non-hydrogen) atoms. The lowest BCUT2D eigenvalue weighted by molar-refractivity contribution is -0.176. The maximum atomic E-state index is 12.1. The van der Waals surface area contributed by atoms with E-state index in [0.717, 1.165) is 44.0 Å². The lowest BCUT2D eigenvalue weighted by Gasteiger charge is -2.33. The number of halogens is 3. The van der Waals surface area contributed by atoms with Gasteiger partial charge in [-0.3, -0.25) is 4.79 Å². The van der Waals surface area contributed by atoms with Crippen LogP contribution in [0.1, 0.15) is 30.9 Å². The SMILES string of the molecule is CCNC(=NCc1ccc(COCC(F)(F)F)cc1)N1CCC(C(=O)OC)CC1. The number of carbonyl (C=O) groups is 1. The van der Waals surface area contributed by atoms with E-state index < -0.39 is 12.8 Å². The number of methoxy groups -OCH3 is 1. The summed E-state index contributed by atoms with van der Waals surface area (Å²) >= 11 is 0. The molecule has 1 saturated heterocycles. The van der Waals surface area contributed by atoms with Gasteiger partial charge in [-0.1, -0.05) is 24.3 Å². The van der Waals surface area contributed by atoms with Gasteiger partial charge in [0.2, 0.25) is 0 Å². The van der Waals surface area contributed by atoms with Crippen molar-refractivity contribution in [1.82, 2.24) is 10.2 Å². The molecule has 0 atom stereocenters. The van der Waals surface area contributed by atoms with Gasteiger partial charge >= 0.3 is 12.1 Å². The number of alkyl halides is 3. The number of benzene rings is 1. The zero-order valence-corrected chi connectivity index (χ0v) is 16.8. The van der Waals surface area contributed by atoms with Gasteiger partial charge in [0, 0.05) is 19.6 Å². The van der Waals surface area contributed by atoms with Gasteiger partial charge in [0.25, 0.3) is 0 Å². The number of likely N-dealkylation sites (tertiary alicyclic amines) is 1. The monoisotopic (exact) mass is 415 g/mol. The molecule has 1 aromatic rings. The lowest BCUT2D eigenvalue weighted by Crippen LogP contribution is -2.46. The summed E-state index contributed by atoms with van der Waals surface area (Å²) in [6.07, 6.45) is -2.87. The molecule has 1 N–H and O–H groups in total. The van der Waals surface area contributed by atoms with E-state index in [-0.39, 0.29) is 18.5 Å². The molecule has 1 aromatic carbocycles. The average Bonchev–Trinajstić information content (AvgIpc) is 2.71. The van der Waals surface area contributed by atoms with Crippen molar-refractivity contribution in [1.29, 1.82) is 0 Å². The van der Waals surface area contributed by atoms with Crippen molar-refractivity contribution in [3.8, 4) is 0 Å². The molecule has 0 aliphatic carbocycles. The van der Waals surface area contributed by atoms with Gasteiger partial charge in [-0.25, -0.2) is 4.99 Å². The van der Waals surface area contributed by atoms with Crippen molar-refractivity contribution < 1.29 is 27.4 Å². The fourth-order valence-electron chi connectivity index (χ4n) is 3.11. The van der Waals surface area contributed by atoms with E-state index in [1.54, 1.807) is 12.1 Å². The largest absolute Gasteiger partial charge is 0.469 e. The van der Waals surface area contributed by atoms with E-state index in [4.69, 9.17) is 4.74 Å². The number of rotatable bonds is 7. The van der Waals surface area contributed by atoms with E-state index in [1.807, 2.05) is 19.1 Å². The van der Waals surface area contributed by atoms with Crippen molar-refractivity contribution in [2.24, 2.45) is 10.9 Å². The summed E-state index contributed by atoms with van der Waals surface area (Å²) in [7, 11) is 1.41. The van der Waals surface area contributed by atoms with Crippen LogP contribution in [0, 0.1) is 5.92 Å². The summed E-state index contributed by atoms with van der Waals surface area (Å²) in [4.78, 5) is 18.5. The number of piperidine rings is 1. The fourth-order valence-corrected chi connectivity index (χ4v) is 3.11. The molecule has 1 fully saturated rings. The van der Waals surface area contributed by atoms with Crippen molar-refractivity contribution in [3.63, 3.8) is 0 Å². The molecule has 0 saturated carbocycles. The Hall–Kier alpha value is -2.29. The second-order valence-electron chi connectivity index (χ2n) is 6.88. The molecule has 0 bridgehead atoms. The number of ether oxygens (including phenoxy) is 2. The van der Waals surface area contributed by atoms with Gasteiger partial charge in [-0.05, 0) is 30.9 Å². The Kier molecular flexibility index (Phi) is 8.75. The van der Waals surface area contributed by atoms with E-state index in [2.05, 4.69) is 19.9 Å². The van der Waals surface area contributed by atoms with Crippen LogP contribution in [0.3, 0.4) is 0 Å². The zero-order valence-electron chi connectivity index (χ0n) is 16.8. The van der Waals surface area contributed by atoms with E-state index in [0.29, 0.717) is 12.1 Å². The lowest BCUT2D eigenvalue weighted by atomic mass is 9.97. The summed E-state index contributed by atoms with van der Waals surface area (Å²) in [5, 5.41) is 3.27. The first kappa shape index (κ1) is 23.0. The highest BCUT2D eigenvalue weighted by atomic mass is 19.4. The maximum Gasteiger partial charge on any atom is 0.411 e. The number of guanidine groups is 1. The minimum atomic E-state index is -4.32. The van der Waals surface area contributed by atoms with Gasteiger partial charge in [0.1, 0.15) is 6.61 Å². The summed E-state index contributed by atoms with van der Waals surface area (Å²) in [6.45, 7) is 3.28. The first-order valence-corrected chi connectivity index (χ1v) is 9.65. The van der Waals surface area contributed by atoms with Crippen LogP contribution in [0.5, 0.6) is 0 Å². The van der Waals surface area contributed by atoms with E-state index in [9.17, 15) is 18.0 Å². The molecule has 2 rings (SSSR count). The summed E-state index contributed by atoms with van der Waals surface area (Å²) < 4.78 is 45.8. The van der Waals surface area contributed by atoms with Crippen LogP contribution >= 0.6 is 0 Å². The van der Waals surface area contributed by atoms with Crippen LogP contribution in [-0.4, -0.2) is 56.4 Å². The zero-order chi connectivity index (χ0) is 21.3. The van der Waals surface area contributed by atoms with Crippen LogP contribution in [-0.2, 0) is 27.4 Å². The third-order valence-electron chi connectivity index (χ3n) is 4.63. The third-order valence-corrected chi connectivity index (χ3v) is 4.63. The normalized spacial score (nSPS) is 16.0. The summed E-state index contributed by atoms with van der Waals surface area (Å²) in [5.74, 6) is 0.561. The molecular formula is C20H28F3N3O3. The molecule has 1 aliphatic heterocycles. The molecule has 0 radical (unpaired) electrons. The topological polar surface area (TPSA) is 63.2 Å². The molecule has 1 heterocycles. The number of nitrogens with zero attached hydrogens (tertiary/aromatic N) is 2. The minimum Gasteiger partial charge on any atom is -0.469 e. The second kappa shape index (κ2) is 11.0. The van der Waals surface area contributed by atoms with Crippen LogP contribution in [0.15, 0.2) is 29.3 Å². The van der Waals surface area contributed by atoms with Crippen LogP contribution < -0.4 is 5.32 Å². The number of esters is 1. The Morgan fingerprint density at radius 2 is 1.83 bits per heavy atom. The molecule has 1 aliphatic rings. The average molecular weight is 415 g/mol. The number of hydrogen-bond acceptors (Lipinski definition) is 4. The van der Waals surface area contributed by atoms with Gasteiger partial charge in [0.15, 0.2) is 5.96 Å². The van der Waals surface area contributed by atoms with E-state index >= 15 is 0 Å². The Labute approximate surface area is 169 Å². The highest BCUT2D eigenvalue weighted by molar-refractivity contribution is 5.80. The highest BCUT2D eigenvalue weighted by Crippen LogP contribution is 2.19. The number of hydrogen-bond donors (Lipinski definition) is 1. The summed E-state index contributed by atoms with van der Waals surface area (Å²) in [6, 6.07) is 7.16.